The van der Waals surface area contributed by atoms with Crippen LogP contribution in [0.1, 0.15) is 12.0 Å². The molecule has 0 fully saturated rings. The summed E-state index contributed by atoms with van der Waals surface area (Å²) >= 11 is 1.46. The maximum absolute atomic E-state index is 13.2. The van der Waals surface area contributed by atoms with Crippen LogP contribution in [0.2, 0.25) is 0 Å². The average molecular weight is 423 g/mol. The molecule has 2 aromatic carbocycles. The second-order valence-electron chi connectivity index (χ2n) is 6.62. The Balaban J connectivity index is 1.78. The minimum absolute atomic E-state index is 0.185. The zero-order valence-corrected chi connectivity index (χ0v) is 17.6. The predicted molar refractivity (Wildman–Crippen MR) is 121 cm³/mol. The molecule has 0 radical (unpaired) electrons. The van der Waals surface area contributed by atoms with Gasteiger partial charge in [-0.05, 0) is 42.8 Å². The van der Waals surface area contributed by atoms with Crippen LogP contribution in [0, 0.1) is 0 Å². The van der Waals surface area contributed by atoms with Gasteiger partial charge in [-0.2, -0.15) is 4.68 Å². The fourth-order valence-corrected chi connectivity index (χ4v) is 4.02. The summed E-state index contributed by atoms with van der Waals surface area (Å²) in [6, 6.07) is 15.4. The van der Waals surface area contributed by atoms with Crippen LogP contribution in [0.25, 0.3) is 26.6 Å². The number of aromatic amines is 1. The van der Waals surface area contributed by atoms with Crippen LogP contribution in [0.3, 0.4) is 0 Å². The number of methoxy groups -OCH3 is 2. The van der Waals surface area contributed by atoms with Crippen LogP contribution in [0.5, 0.6) is 5.75 Å². The van der Waals surface area contributed by atoms with Crippen molar-refractivity contribution in [2.45, 2.75) is 6.42 Å². The largest absolute Gasteiger partial charge is 0.497 e. The van der Waals surface area contributed by atoms with E-state index in [9.17, 15) is 4.79 Å². The van der Waals surface area contributed by atoms with Gasteiger partial charge in [-0.3, -0.25) is 14.9 Å². The van der Waals surface area contributed by atoms with Crippen molar-refractivity contribution < 1.29 is 9.47 Å². The summed E-state index contributed by atoms with van der Waals surface area (Å²) in [7, 11) is 3.28. The van der Waals surface area contributed by atoms with Crippen molar-refractivity contribution in [3.8, 4) is 22.1 Å². The second kappa shape index (κ2) is 9.06. The van der Waals surface area contributed by atoms with Crippen LogP contribution in [-0.4, -0.2) is 48.4 Å². The first-order valence-electron chi connectivity index (χ1n) is 9.55. The van der Waals surface area contributed by atoms with Gasteiger partial charge in [-0.25, -0.2) is 4.98 Å². The average Bonchev–Trinajstić information content (AvgIpc) is 3.35. The molecule has 0 saturated heterocycles. The topological polar surface area (TPSA) is 81.5 Å². The third-order valence-electron chi connectivity index (χ3n) is 4.64. The summed E-state index contributed by atoms with van der Waals surface area (Å²) in [6.07, 6.45) is 2.43. The lowest BCUT2D eigenvalue weighted by atomic mass is 10.1. The molecule has 2 aromatic heterocycles. The number of nitrogens with one attached hydrogen (secondary N) is 1. The molecule has 1 N–H and O–H groups in total. The second-order valence-corrected chi connectivity index (χ2v) is 7.62. The van der Waals surface area contributed by atoms with E-state index in [1.54, 1.807) is 20.4 Å². The van der Waals surface area contributed by atoms with E-state index in [1.807, 2.05) is 48.5 Å². The summed E-state index contributed by atoms with van der Waals surface area (Å²) in [5.41, 5.74) is 2.73. The molecule has 0 aliphatic carbocycles. The summed E-state index contributed by atoms with van der Waals surface area (Å²) in [5.74, 6) is 0.751. The lowest BCUT2D eigenvalue weighted by Gasteiger charge is -2.03. The number of aliphatic imine (C=N–C) groups is 1. The number of benzene rings is 2. The summed E-state index contributed by atoms with van der Waals surface area (Å²) in [6.45, 7) is 1.22. The van der Waals surface area contributed by atoms with Gasteiger partial charge in [-0.15, -0.1) is 0 Å². The molecule has 0 aliphatic heterocycles. The van der Waals surface area contributed by atoms with Gasteiger partial charge in [0, 0.05) is 32.0 Å². The number of para-hydroxylation sites is 1. The van der Waals surface area contributed by atoms with Crippen LogP contribution in [0.15, 0.2) is 58.3 Å². The highest BCUT2D eigenvalue weighted by atomic mass is 32.1. The van der Waals surface area contributed by atoms with Crippen molar-refractivity contribution in [3.63, 3.8) is 0 Å². The normalized spacial score (nSPS) is 11.5. The highest BCUT2D eigenvalue weighted by Crippen LogP contribution is 2.26. The fraction of sp³-hybridized carbons (Fsp3) is 0.227. The molecular formula is C22H22N4O3S. The summed E-state index contributed by atoms with van der Waals surface area (Å²) in [5, 5.41) is 3.82. The van der Waals surface area contributed by atoms with Crippen molar-refractivity contribution in [1.82, 2.24) is 14.8 Å². The van der Waals surface area contributed by atoms with Gasteiger partial charge in [0.1, 0.15) is 5.75 Å². The summed E-state index contributed by atoms with van der Waals surface area (Å²) in [4.78, 5) is 22.3. The minimum atomic E-state index is -0.185. The molecule has 0 aliphatic rings. The van der Waals surface area contributed by atoms with E-state index in [2.05, 4.69) is 15.1 Å². The molecule has 7 nitrogen and oxygen atoms in total. The molecule has 0 amide bonds. The van der Waals surface area contributed by atoms with E-state index in [4.69, 9.17) is 9.47 Å². The monoisotopic (exact) mass is 422 g/mol. The maximum Gasteiger partial charge on any atom is 0.282 e. The van der Waals surface area contributed by atoms with Crippen LogP contribution in [-0.2, 0) is 4.74 Å². The van der Waals surface area contributed by atoms with Gasteiger partial charge < -0.3 is 9.47 Å². The van der Waals surface area contributed by atoms with Gasteiger partial charge in [0.05, 0.1) is 28.6 Å². The lowest BCUT2D eigenvalue weighted by molar-refractivity contribution is 0.197. The predicted octanol–water partition coefficient (Wildman–Crippen LogP) is 3.91. The van der Waals surface area contributed by atoms with Gasteiger partial charge in [-0.1, -0.05) is 23.5 Å². The van der Waals surface area contributed by atoms with E-state index in [0.29, 0.717) is 29.5 Å². The maximum atomic E-state index is 13.2. The molecule has 0 spiro atoms. The van der Waals surface area contributed by atoms with Gasteiger partial charge in [0.2, 0.25) is 5.13 Å². The van der Waals surface area contributed by atoms with Crippen LogP contribution >= 0.6 is 11.3 Å². The number of hydrogen-bond donors (Lipinski definition) is 1. The van der Waals surface area contributed by atoms with E-state index >= 15 is 0 Å². The Bertz CT molecular complexity index is 1190. The standard InChI is InChI=1S/C22H22N4O3S/c1-28-13-5-12-23-14-17-20(15-8-10-16(29-2)11-9-15)25-26(21(17)27)22-24-18-6-3-4-7-19(18)30-22/h3-4,6-11,14,25H,5,12-13H2,1-2H3. The molecule has 4 aromatic rings. The molecular weight excluding hydrogens is 400 g/mol. The zero-order valence-electron chi connectivity index (χ0n) is 16.8. The van der Waals surface area contributed by atoms with Crippen LogP contribution < -0.4 is 10.3 Å². The van der Waals surface area contributed by atoms with Crippen molar-refractivity contribution in [1.29, 1.82) is 0 Å². The number of hydrogen-bond acceptors (Lipinski definition) is 6. The number of nitrogens with zero attached hydrogens (tertiary/aromatic N) is 3. The molecule has 0 bridgehead atoms. The van der Waals surface area contributed by atoms with Gasteiger partial charge in [0.15, 0.2) is 0 Å². The minimum Gasteiger partial charge on any atom is -0.497 e. The summed E-state index contributed by atoms with van der Waals surface area (Å²) < 4.78 is 12.8. The molecule has 4 rings (SSSR count). The van der Waals surface area contributed by atoms with Crippen LogP contribution in [0.4, 0.5) is 0 Å². The highest BCUT2D eigenvalue weighted by molar-refractivity contribution is 7.20. The van der Waals surface area contributed by atoms with Crippen molar-refractivity contribution in [3.05, 3.63) is 64.4 Å². The van der Waals surface area contributed by atoms with Crippen molar-refractivity contribution in [2.24, 2.45) is 4.99 Å². The fourth-order valence-electron chi connectivity index (χ4n) is 3.09. The number of ether oxygens (including phenoxy) is 2. The van der Waals surface area contributed by atoms with Crippen molar-refractivity contribution >= 4 is 27.8 Å². The number of fused-ring (bicyclic) bond motifs is 1. The Hall–Kier alpha value is -3.23. The Morgan fingerprint density at radius 3 is 2.70 bits per heavy atom. The van der Waals surface area contributed by atoms with Gasteiger partial charge >= 0.3 is 0 Å². The molecule has 0 saturated carbocycles. The third-order valence-corrected chi connectivity index (χ3v) is 5.66. The first kappa shape index (κ1) is 20.1. The molecule has 8 heteroatoms. The van der Waals surface area contributed by atoms with E-state index in [1.165, 1.54) is 16.0 Å². The zero-order chi connectivity index (χ0) is 20.9. The molecule has 0 unspecified atom stereocenters. The molecule has 2 heterocycles. The number of aromatic nitrogens is 3. The molecule has 30 heavy (non-hydrogen) atoms. The Kier molecular flexibility index (Phi) is 6.06. The van der Waals surface area contributed by atoms with Crippen molar-refractivity contribution in [2.75, 3.05) is 27.4 Å². The Morgan fingerprint density at radius 2 is 1.97 bits per heavy atom. The van der Waals surface area contributed by atoms with E-state index < -0.39 is 0 Å². The molecule has 0 atom stereocenters. The Labute approximate surface area is 177 Å². The highest BCUT2D eigenvalue weighted by Gasteiger charge is 2.18. The first-order chi connectivity index (χ1) is 14.7. The third kappa shape index (κ3) is 4.05. The lowest BCUT2D eigenvalue weighted by Crippen LogP contribution is -2.17. The van der Waals surface area contributed by atoms with E-state index in [-0.39, 0.29) is 5.56 Å². The first-order valence-corrected chi connectivity index (χ1v) is 10.4. The quantitative estimate of drug-likeness (QED) is 0.345. The number of thiazole rings is 1. The Morgan fingerprint density at radius 1 is 1.17 bits per heavy atom. The van der Waals surface area contributed by atoms with E-state index in [0.717, 1.165) is 28.0 Å². The molecule has 154 valence electrons. The number of rotatable bonds is 8. The SMILES string of the molecule is COCCCN=Cc1c(-c2ccc(OC)cc2)[nH]n(-c2nc3ccccc3s2)c1=O. The van der Waals surface area contributed by atoms with Gasteiger partial charge in [0.25, 0.3) is 5.56 Å². The smallest absolute Gasteiger partial charge is 0.282 e. The number of H-pyrrole nitrogens is 1.